The quantitative estimate of drug-likeness (QED) is 0.498. The van der Waals surface area contributed by atoms with E-state index in [0.717, 1.165) is 16.5 Å². The summed E-state index contributed by atoms with van der Waals surface area (Å²) in [5.74, 6) is -0.492. The van der Waals surface area contributed by atoms with Crippen LogP contribution in [0.3, 0.4) is 0 Å². The Morgan fingerprint density at radius 3 is 2.61 bits per heavy atom. The molecule has 2 aromatic carbocycles. The van der Waals surface area contributed by atoms with Gasteiger partial charge in [-0.3, -0.25) is 14.6 Å². The first-order chi connectivity index (χ1) is 13.6. The Bertz CT molecular complexity index is 1170. The minimum Gasteiger partial charge on any atom is -0.361 e. The number of amides is 2. The standard InChI is InChI=1S/C22H18N4O2/c1-14-4-7-17(12-19(14)22(28)26-18-3-2-9-23-13-18)25-21(27)16-6-5-15-8-10-24-20(15)11-16/h2-13,24H,1H3,(H,25,27)(H,26,28). The minimum absolute atomic E-state index is 0.237. The van der Waals surface area contributed by atoms with Gasteiger partial charge in [0.1, 0.15) is 0 Å². The second-order valence-corrected chi connectivity index (χ2v) is 6.46. The van der Waals surface area contributed by atoms with Crippen molar-refractivity contribution in [3.63, 3.8) is 0 Å². The first kappa shape index (κ1) is 17.5. The fourth-order valence-corrected chi connectivity index (χ4v) is 2.97. The lowest BCUT2D eigenvalue weighted by Gasteiger charge is -2.11. The molecule has 4 rings (SSSR count). The molecule has 4 aromatic rings. The van der Waals surface area contributed by atoms with Crippen molar-refractivity contribution in [3.8, 4) is 0 Å². The number of H-pyrrole nitrogens is 1. The summed E-state index contributed by atoms with van der Waals surface area (Å²) >= 11 is 0. The van der Waals surface area contributed by atoms with Crippen LogP contribution in [-0.4, -0.2) is 21.8 Å². The zero-order valence-corrected chi connectivity index (χ0v) is 15.2. The number of hydrogen-bond acceptors (Lipinski definition) is 3. The molecule has 0 unspecified atom stereocenters. The van der Waals surface area contributed by atoms with Crippen LogP contribution >= 0.6 is 0 Å². The van der Waals surface area contributed by atoms with Crippen molar-refractivity contribution < 1.29 is 9.59 Å². The topological polar surface area (TPSA) is 86.9 Å². The van der Waals surface area contributed by atoms with Crippen LogP contribution in [-0.2, 0) is 0 Å². The number of aromatic nitrogens is 2. The summed E-state index contributed by atoms with van der Waals surface area (Å²) in [5.41, 5.74) is 3.90. The highest BCUT2D eigenvalue weighted by molar-refractivity contribution is 6.08. The molecule has 0 atom stereocenters. The normalized spacial score (nSPS) is 10.6. The predicted molar refractivity (Wildman–Crippen MR) is 110 cm³/mol. The van der Waals surface area contributed by atoms with Crippen LogP contribution in [0.5, 0.6) is 0 Å². The highest BCUT2D eigenvalue weighted by Gasteiger charge is 2.13. The number of rotatable bonds is 4. The van der Waals surface area contributed by atoms with Gasteiger partial charge in [0.05, 0.1) is 11.9 Å². The fourth-order valence-electron chi connectivity index (χ4n) is 2.97. The maximum absolute atomic E-state index is 12.6. The second-order valence-electron chi connectivity index (χ2n) is 6.46. The van der Waals surface area contributed by atoms with Crippen LogP contribution in [0.2, 0.25) is 0 Å². The van der Waals surface area contributed by atoms with E-state index in [4.69, 9.17) is 0 Å². The number of anilines is 2. The Morgan fingerprint density at radius 1 is 0.929 bits per heavy atom. The molecule has 6 heteroatoms. The third-order valence-corrected chi connectivity index (χ3v) is 4.48. The molecule has 2 heterocycles. The average Bonchev–Trinajstić information content (AvgIpc) is 3.18. The van der Waals surface area contributed by atoms with E-state index in [1.165, 1.54) is 0 Å². The SMILES string of the molecule is Cc1ccc(NC(=O)c2ccc3cc[nH]c3c2)cc1C(=O)Nc1cccnc1. The Hall–Kier alpha value is -3.93. The molecule has 28 heavy (non-hydrogen) atoms. The molecule has 0 aliphatic heterocycles. The summed E-state index contributed by atoms with van der Waals surface area (Å²) in [6, 6.07) is 16.2. The van der Waals surface area contributed by atoms with E-state index in [0.29, 0.717) is 22.5 Å². The second kappa shape index (κ2) is 7.36. The van der Waals surface area contributed by atoms with Gasteiger partial charge in [0.2, 0.25) is 0 Å². The van der Waals surface area contributed by atoms with Crippen LogP contribution in [0.15, 0.2) is 73.2 Å². The van der Waals surface area contributed by atoms with Crippen molar-refractivity contribution in [3.05, 3.63) is 89.9 Å². The molecular formula is C22H18N4O2. The van der Waals surface area contributed by atoms with E-state index < -0.39 is 0 Å². The zero-order chi connectivity index (χ0) is 19.5. The Morgan fingerprint density at radius 2 is 1.79 bits per heavy atom. The van der Waals surface area contributed by atoms with E-state index >= 15 is 0 Å². The number of benzene rings is 2. The molecule has 138 valence electrons. The molecule has 6 nitrogen and oxygen atoms in total. The molecule has 0 aliphatic rings. The maximum Gasteiger partial charge on any atom is 0.256 e. The number of aryl methyl sites for hydroxylation is 1. The van der Waals surface area contributed by atoms with E-state index in [9.17, 15) is 9.59 Å². The predicted octanol–water partition coefficient (Wildman–Crippen LogP) is 4.38. The van der Waals surface area contributed by atoms with Gasteiger partial charge in [0.15, 0.2) is 0 Å². The van der Waals surface area contributed by atoms with Crippen molar-refractivity contribution in [1.82, 2.24) is 9.97 Å². The van der Waals surface area contributed by atoms with Gasteiger partial charge in [0, 0.05) is 34.7 Å². The Kier molecular flexibility index (Phi) is 4.60. The molecule has 0 saturated carbocycles. The lowest BCUT2D eigenvalue weighted by Crippen LogP contribution is -2.16. The number of carbonyl (C=O) groups excluding carboxylic acids is 2. The highest BCUT2D eigenvalue weighted by atomic mass is 16.2. The first-order valence-electron chi connectivity index (χ1n) is 8.81. The summed E-state index contributed by atoms with van der Waals surface area (Å²) in [5, 5.41) is 6.71. The van der Waals surface area contributed by atoms with E-state index in [1.54, 1.807) is 48.8 Å². The summed E-state index contributed by atoms with van der Waals surface area (Å²) < 4.78 is 0. The van der Waals surface area contributed by atoms with E-state index in [2.05, 4.69) is 20.6 Å². The van der Waals surface area contributed by atoms with Gasteiger partial charge < -0.3 is 15.6 Å². The first-order valence-corrected chi connectivity index (χ1v) is 8.81. The van der Waals surface area contributed by atoms with Crippen LogP contribution in [0.25, 0.3) is 10.9 Å². The Balaban J connectivity index is 1.54. The maximum atomic E-state index is 12.6. The number of nitrogens with one attached hydrogen (secondary N) is 3. The van der Waals surface area contributed by atoms with Gasteiger partial charge in [-0.05, 0) is 60.3 Å². The molecule has 0 spiro atoms. The number of hydrogen-bond donors (Lipinski definition) is 3. The van der Waals surface area contributed by atoms with Crippen LogP contribution < -0.4 is 10.6 Å². The third-order valence-electron chi connectivity index (χ3n) is 4.48. The lowest BCUT2D eigenvalue weighted by molar-refractivity contribution is 0.101. The van der Waals surface area contributed by atoms with Crippen molar-refractivity contribution >= 4 is 34.1 Å². The van der Waals surface area contributed by atoms with E-state index in [-0.39, 0.29) is 11.8 Å². The monoisotopic (exact) mass is 370 g/mol. The van der Waals surface area contributed by atoms with Gasteiger partial charge >= 0.3 is 0 Å². The molecule has 0 aliphatic carbocycles. The van der Waals surface area contributed by atoms with Gasteiger partial charge in [-0.1, -0.05) is 12.1 Å². The summed E-state index contributed by atoms with van der Waals surface area (Å²) in [7, 11) is 0. The molecule has 2 amide bonds. The number of aromatic amines is 1. The molecule has 0 saturated heterocycles. The number of nitrogens with zero attached hydrogens (tertiary/aromatic N) is 1. The average molecular weight is 370 g/mol. The largest absolute Gasteiger partial charge is 0.361 e. The minimum atomic E-state index is -0.255. The number of pyridine rings is 1. The van der Waals surface area contributed by atoms with Gasteiger partial charge in [-0.2, -0.15) is 0 Å². The van der Waals surface area contributed by atoms with Crippen LogP contribution in [0, 0.1) is 6.92 Å². The molecule has 3 N–H and O–H groups in total. The highest BCUT2D eigenvalue weighted by Crippen LogP contribution is 2.19. The van der Waals surface area contributed by atoms with Gasteiger partial charge in [-0.15, -0.1) is 0 Å². The van der Waals surface area contributed by atoms with Crippen molar-refractivity contribution in [1.29, 1.82) is 0 Å². The molecule has 2 aromatic heterocycles. The third kappa shape index (κ3) is 3.61. The molecule has 0 bridgehead atoms. The Labute approximate surface area is 161 Å². The molecule has 0 fully saturated rings. The zero-order valence-electron chi connectivity index (χ0n) is 15.2. The van der Waals surface area contributed by atoms with Crippen molar-refractivity contribution in [2.24, 2.45) is 0 Å². The number of carbonyl (C=O) groups is 2. The van der Waals surface area contributed by atoms with Crippen LogP contribution in [0.4, 0.5) is 11.4 Å². The summed E-state index contributed by atoms with van der Waals surface area (Å²) in [6.07, 6.45) is 5.05. The molecule has 0 radical (unpaired) electrons. The summed E-state index contributed by atoms with van der Waals surface area (Å²) in [4.78, 5) is 32.3. The molecular weight excluding hydrogens is 352 g/mol. The van der Waals surface area contributed by atoms with Crippen LogP contribution in [0.1, 0.15) is 26.3 Å². The van der Waals surface area contributed by atoms with Crippen molar-refractivity contribution in [2.75, 3.05) is 10.6 Å². The fraction of sp³-hybridized carbons (Fsp3) is 0.0455. The van der Waals surface area contributed by atoms with Gasteiger partial charge in [0.25, 0.3) is 11.8 Å². The lowest BCUT2D eigenvalue weighted by atomic mass is 10.1. The summed E-state index contributed by atoms with van der Waals surface area (Å²) in [6.45, 7) is 1.85. The van der Waals surface area contributed by atoms with Gasteiger partial charge in [-0.25, -0.2) is 0 Å². The smallest absolute Gasteiger partial charge is 0.256 e. The van der Waals surface area contributed by atoms with E-state index in [1.807, 2.05) is 31.3 Å². The van der Waals surface area contributed by atoms with Crippen molar-refractivity contribution in [2.45, 2.75) is 6.92 Å². The number of fused-ring (bicyclic) bond motifs is 1.